The minimum Gasteiger partial charge on any atom is -0.385 e. The highest BCUT2D eigenvalue weighted by Crippen LogP contribution is 2.10. The van der Waals surface area contributed by atoms with Gasteiger partial charge in [-0.15, -0.1) is 0 Å². The molecule has 3 N–H and O–H groups in total. The van der Waals surface area contributed by atoms with E-state index in [0.29, 0.717) is 18.7 Å². The van der Waals surface area contributed by atoms with Gasteiger partial charge in [0.1, 0.15) is 0 Å². The molecular formula is C12H19N3O2. The first kappa shape index (κ1) is 13.5. The van der Waals surface area contributed by atoms with Crippen molar-refractivity contribution in [1.82, 2.24) is 4.90 Å². The van der Waals surface area contributed by atoms with Crippen molar-refractivity contribution in [3.63, 3.8) is 0 Å². The number of methoxy groups -OCH3 is 1. The lowest BCUT2D eigenvalue weighted by Gasteiger charge is -2.17. The number of ether oxygens (including phenoxy) is 1. The van der Waals surface area contributed by atoms with E-state index in [4.69, 9.17) is 10.6 Å². The van der Waals surface area contributed by atoms with Gasteiger partial charge < -0.3 is 15.1 Å². The average molecular weight is 237 g/mol. The van der Waals surface area contributed by atoms with Crippen LogP contribution in [0.1, 0.15) is 16.8 Å². The van der Waals surface area contributed by atoms with E-state index in [2.05, 4.69) is 5.43 Å². The Morgan fingerprint density at radius 3 is 2.59 bits per heavy atom. The number of nitrogens with one attached hydrogen (secondary N) is 1. The number of carbonyl (C=O) groups excluding carboxylic acids is 1. The number of nitrogen functional groups attached to an aromatic ring is 1. The van der Waals surface area contributed by atoms with Gasteiger partial charge in [0.05, 0.1) is 0 Å². The van der Waals surface area contributed by atoms with E-state index in [1.165, 1.54) is 0 Å². The van der Waals surface area contributed by atoms with Gasteiger partial charge in [-0.25, -0.2) is 0 Å². The van der Waals surface area contributed by atoms with Gasteiger partial charge in [-0.05, 0) is 30.7 Å². The second-order valence-electron chi connectivity index (χ2n) is 3.79. The van der Waals surface area contributed by atoms with Crippen LogP contribution in [0.25, 0.3) is 0 Å². The van der Waals surface area contributed by atoms with Crippen LogP contribution in [0.3, 0.4) is 0 Å². The Morgan fingerprint density at radius 2 is 2.06 bits per heavy atom. The summed E-state index contributed by atoms with van der Waals surface area (Å²) in [7, 11) is 3.44. The summed E-state index contributed by atoms with van der Waals surface area (Å²) < 4.78 is 4.95. The van der Waals surface area contributed by atoms with E-state index in [1.54, 1.807) is 43.3 Å². The van der Waals surface area contributed by atoms with Crippen molar-refractivity contribution in [2.75, 3.05) is 32.7 Å². The van der Waals surface area contributed by atoms with Gasteiger partial charge in [0, 0.05) is 38.6 Å². The number of benzene rings is 1. The Kier molecular flexibility index (Phi) is 5.45. The fourth-order valence-electron chi connectivity index (χ4n) is 1.48. The number of nitrogens with two attached hydrogens (primary N) is 1. The number of hydrogen-bond donors (Lipinski definition) is 2. The predicted molar refractivity (Wildman–Crippen MR) is 67.7 cm³/mol. The van der Waals surface area contributed by atoms with Gasteiger partial charge in [-0.3, -0.25) is 10.6 Å². The molecule has 0 bridgehead atoms. The minimum absolute atomic E-state index is 0.00433. The minimum atomic E-state index is 0.00433. The molecule has 17 heavy (non-hydrogen) atoms. The Labute approximate surface area is 102 Å². The molecule has 0 saturated heterocycles. The summed E-state index contributed by atoms with van der Waals surface area (Å²) in [6.45, 7) is 1.34. The lowest BCUT2D eigenvalue weighted by molar-refractivity contribution is 0.0779. The summed E-state index contributed by atoms with van der Waals surface area (Å²) in [5.41, 5.74) is 3.96. The van der Waals surface area contributed by atoms with Crippen molar-refractivity contribution < 1.29 is 9.53 Å². The van der Waals surface area contributed by atoms with Crippen LogP contribution >= 0.6 is 0 Å². The van der Waals surface area contributed by atoms with Gasteiger partial charge in [-0.1, -0.05) is 0 Å². The van der Waals surface area contributed by atoms with Crippen LogP contribution in [0.2, 0.25) is 0 Å². The molecule has 0 aliphatic carbocycles. The van der Waals surface area contributed by atoms with Crippen LogP contribution in [0, 0.1) is 0 Å². The Bertz CT molecular complexity index is 351. The van der Waals surface area contributed by atoms with Gasteiger partial charge >= 0.3 is 0 Å². The Hall–Kier alpha value is -1.59. The SMILES string of the molecule is COCCCN(C)C(=O)c1ccc(NN)cc1. The number of carbonyl (C=O) groups is 1. The normalized spacial score (nSPS) is 10.1. The zero-order valence-corrected chi connectivity index (χ0v) is 10.3. The molecule has 0 saturated carbocycles. The van der Waals surface area contributed by atoms with Crippen LogP contribution in [-0.2, 0) is 4.74 Å². The van der Waals surface area contributed by atoms with Gasteiger partial charge in [0.2, 0.25) is 0 Å². The Morgan fingerprint density at radius 1 is 1.41 bits per heavy atom. The second-order valence-corrected chi connectivity index (χ2v) is 3.79. The molecule has 0 fully saturated rings. The highest BCUT2D eigenvalue weighted by Gasteiger charge is 2.10. The quantitative estimate of drug-likeness (QED) is 0.441. The molecule has 0 aromatic heterocycles. The molecule has 5 nitrogen and oxygen atoms in total. The van der Waals surface area contributed by atoms with Crippen molar-refractivity contribution in [2.24, 2.45) is 5.84 Å². The maximum atomic E-state index is 12.0. The first-order chi connectivity index (χ1) is 8.19. The first-order valence-electron chi connectivity index (χ1n) is 5.50. The Balaban J connectivity index is 2.55. The van der Waals surface area contributed by atoms with Crippen LogP contribution < -0.4 is 11.3 Å². The van der Waals surface area contributed by atoms with Crippen LogP contribution in [-0.4, -0.2) is 38.1 Å². The summed E-state index contributed by atoms with van der Waals surface area (Å²) in [6.07, 6.45) is 0.835. The molecule has 0 unspecified atom stereocenters. The van der Waals surface area contributed by atoms with Crippen molar-refractivity contribution in [3.05, 3.63) is 29.8 Å². The molecular weight excluding hydrogens is 218 g/mol. The van der Waals surface area contributed by atoms with E-state index in [1.807, 2.05) is 0 Å². The third-order valence-corrected chi connectivity index (χ3v) is 2.49. The highest BCUT2D eigenvalue weighted by molar-refractivity contribution is 5.94. The van der Waals surface area contributed by atoms with E-state index >= 15 is 0 Å². The molecule has 0 aliphatic rings. The molecule has 0 radical (unpaired) electrons. The standard InChI is InChI=1S/C12H19N3O2/c1-15(8-3-9-17-2)12(16)10-4-6-11(14-13)7-5-10/h4-7,14H,3,8-9,13H2,1-2H3. The second kappa shape index (κ2) is 6.88. The first-order valence-corrected chi connectivity index (χ1v) is 5.50. The number of rotatable bonds is 6. The summed E-state index contributed by atoms with van der Waals surface area (Å²) in [4.78, 5) is 13.7. The fraction of sp³-hybridized carbons (Fsp3) is 0.417. The highest BCUT2D eigenvalue weighted by atomic mass is 16.5. The lowest BCUT2D eigenvalue weighted by atomic mass is 10.2. The smallest absolute Gasteiger partial charge is 0.253 e. The average Bonchev–Trinajstić information content (AvgIpc) is 2.38. The zero-order valence-electron chi connectivity index (χ0n) is 10.3. The molecule has 1 aromatic rings. The van der Waals surface area contributed by atoms with E-state index in [-0.39, 0.29) is 5.91 Å². The van der Waals surface area contributed by atoms with Crippen LogP contribution in [0.4, 0.5) is 5.69 Å². The number of amides is 1. The number of hydrogen-bond acceptors (Lipinski definition) is 4. The lowest BCUT2D eigenvalue weighted by Crippen LogP contribution is -2.28. The summed E-state index contributed by atoms with van der Waals surface area (Å²) in [6, 6.07) is 7.06. The largest absolute Gasteiger partial charge is 0.385 e. The van der Waals surface area contributed by atoms with Gasteiger partial charge in [0.15, 0.2) is 0 Å². The monoisotopic (exact) mass is 237 g/mol. The summed E-state index contributed by atoms with van der Waals surface area (Å²) in [5, 5.41) is 0. The molecule has 1 amide bonds. The third kappa shape index (κ3) is 4.05. The molecule has 5 heteroatoms. The van der Waals surface area contributed by atoms with Gasteiger partial charge in [-0.2, -0.15) is 0 Å². The van der Waals surface area contributed by atoms with E-state index in [0.717, 1.165) is 12.1 Å². The van der Waals surface area contributed by atoms with Crippen molar-refractivity contribution in [3.8, 4) is 0 Å². The molecule has 1 rings (SSSR count). The van der Waals surface area contributed by atoms with Crippen molar-refractivity contribution >= 4 is 11.6 Å². The molecule has 94 valence electrons. The number of hydrazine groups is 1. The maximum Gasteiger partial charge on any atom is 0.253 e. The molecule has 0 spiro atoms. The molecule has 1 aromatic carbocycles. The topological polar surface area (TPSA) is 67.6 Å². The zero-order chi connectivity index (χ0) is 12.7. The van der Waals surface area contributed by atoms with Gasteiger partial charge in [0.25, 0.3) is 5.91 Å². The fourth-order valence-corrected chi connectivity index (χ4v) is 1.48. The van der Waals surface area contributed by atoms with E-state index < -0.39 is 0 Å². The van der Waals surface area contributed by atoms with Crippen molar-refractivity contribution in [1.29, 1.82) is 0 Å². The van der Waals surface area contributed by atoms with E-state index in [9.17, 15) is 4.79 Å². The third-order valence-electron chi connectivity index (χ3n) is 2.49. The molecule has 0 aliphatic heterocycles. The molecule has 0 heterocycles. The number of anilines is 1. The molecule has 0 atom stereocenters. The summed E-state index contributed by atoms with van der Waals surface area (Å²) in [5.74, 6) is 5.26. The predicted octanol–water partition coefficient (Wildman–Crippen LogP) is 1.08. The summed E-state index contributed by atoms with van der Waals surface area (Å²) >= 11 is 0. The van der Waals surface area contributed by atoms with Crippen LogP contribution in [0.15, 0.2) is 24.3 Å². The van der Waals surface area contributed by atoms with Crippen LogP contribution in [0.5, 0.6) is 0 Å². The number of nitrogens with zero attached hydrogens (tertiary/aromatic N) is 1. The van der Waals surface area contributed by atoms with Crippen molar-refractivity contribution in [2.45, 2.75) is 6.42 Å². The maximum absolute atomic E-state index is 12.0.